The van der Waals surface area contributed by atoms with Crippen LogP contribution in [-0.4, -0.2) is 9.97 Å². The Morgan fingerprint density at radius 2 is 2.00 bits per heavy atom. The van der Waals surface area contributed by atoms with Crippen molar-refractivity contribution >= 4 is 23.1 Å². The maximum absolute atomic E-state index is 5.91. The van der Waals surface area contributed by atoms with Crippen molar-refractivity contribution in [1.82, 2.24) is 9.97 Å². The Balaban J connectivity index is 2.31. The third-order valence-electron chi connectivity index (χ3n) is 2.42. The van der Waals surface area contributed by atoms with Crippen molar-refractivity contribution in [2.24, 2.45) is 0 Å². The minimum absolute atomic E-state index is 0.702. The summed E-state index contributed by atoms with van der Waals surface area (Å²) in [6.07, 6.45) is 1.55. The van der Waals surface area contributed by atoms with Gasteiger partial charge in [-0.3, -0.25) is 0 Å². The predicted molar refractivity (Wildman–Crippen MR) is 66.2 cm³/mol. The van der Waals surface area contributed by atoms with Crippen LogP contribution in [0.1, 0.15) is 11.3 Å². The fourth-order valence-corrected chi connectivity index (χ4v) is 1.56. The lowest BCUT2D eigenvalue weighted by Gasteiger charge is -2.09. The first-order valence-corrected chi connectivity index (χ1v) is 5.35. The molecular formula is C12H12ClN3. The lowest BCUT2D eigenvalue weighted by Crippen LogP contribution is -1.99. The van der Waals surface area contributed by atoms with Gasteiger partial charge in [-0.15, -0.1) is 0 Å². The van der Waals surface area contributed by atoms with Crippen LogP contribution in [0.15, 0.2) is 30.6 Å². The third kappa shape index (κ3) is 2.31. The van der Waals surface area contributed by atoms with E-state index in [1.165, 1.54) is 0 Å². The molecule has 1 aromatic heterocycles. The van der Waals surface area contributed by atoms with Gasteiger partial charge in [0, 0.05) is 22.0 Å². The van der Waals surface area contributed by atoms with Gasteiger partial charge in [0.2, 0.25) is 0 Å². The van der Waals surface area contributed by atoms with Gasteiger partial charge in [0.05, 0.1) is 0 Å². The second-order valence-corrected chi connectivity index (χ2v) is 4.00. The standard InChI is InChI=1S/C12H12ClN3/c1-8-9(2)14-7-15-12(8)16-11-5-3-4-10(13)6-11/h3-7H,1-2H3,(H,14,15,16). The number of aryl methyl sites for hydroxylation is 1. The van der Waals surface area contributed by atoms with Crippen molar-refractivity contribution in [3.05, 3.63) is 46.9 Å². The average Bonchev–Trinajstić information content (AvgIpc) is 2.25. The zero-order valence-corrected chi connectivity index (χ0v) is 9.92. The van der Waals surface area contributed by atoms with Crippen LogP contribution in [0.2, 0.25) is 5.02 Å². The molecule has 1 N–H and O–H groups in total. The van der Waals surface area contributed by atoms with E-state index in [-0.39, 0.29) is 0 Å². The van der Waals surface area contributed by atoms with Crippen LogP contribution in [0.5, 0.6) is 0 Å². The van der Waals surface area contributed by atoms with Crippen molar-refractivity contribution in [3.8, 4) is 0 Å². The van der Waals surface area contributed by atoms with Crippen molar-refractivity contribution in [2.45, 2.75) is 13.8 Å². The van der Waals surface area contributed by atoms with Gasteiger partial charge < -0.3 is 5.32 Å². The van der Waals surface area contributed by atoms with E-state index >= 15 is 0 Å². The van der Waals surface area contributed by atoms with E-state index in [1.54, 1.807) is 6.33 Å². The van der Waals surface area contributed by atoms with Gasteiger partial charge in [0.25, 0.3) is 0 Å². The first-order chi connectivity index (χ1) is 7.66. The summed E-state index contributed by atoms with van der Waals surface area (Å²) in [4.78, 5) is 8.32. The molecule has 0 saturated heterocycles. The van der Waals surface area contributed by atoms with E-state index in [4.69, 9.17) is 11.6 Å². The highest BCUT2D eigenvalue weighted by Crippen LogP contribution is 2.21. The molecule has 1 aromatic carbocycles. The Labute approximate surface area is 99.5 Å². The van der Waals surface area contributed by atoms with E-state index in [0.29, 0.717) is 5.02 Å². The normalized spacial score (nSPS) is 10.2. The van der Waals surface area contributed by atoms with Gasteiger partial charge >= 0.3 is 0 Å². The first-order valence-electron chi connectivity index (χ1n) is 4.97. The molecule has 2 rings (SSSR count). The molecule has 0 bridgehead atoms. The lowest BCUT2D eigenvalue weighted by molar-refractivity contribution is 1.06. The molecule has 0 saturated carbocycles. The number of hydrogen-bond acceptors (Lipinski definition) is 3. The van der Waals surface area contributed by atoms with Crippen LogP contribution in [-0.2, 0) is 0 Å². The number of halogens is 1. The molecule has 0 unspecified atom stereocenters. The third-order valence-corrected chi connectivity index (χ3v) is 2.66. The Hall–Kier alpha value is -1.61. The molecule has 4 heteroatoms. The maximum atomic E-state index is 5.91. The number of aromatic nitrogens is 2. The second-order valence-electron chi connectivity index (χ2n) is 3.57. The molecule has 3 nitrogen and oxygen atoms in total. The van der Waals surface area contributed by atoms with Crippen molar-refractivity contribution < 1.29 is 0 Å². The van der Waals surface area contributed by atoms with Crippen LogP contribution in [0.4, 0.5) is 11.5 Å². The summed E-state index contributed by atoms with van der Waals surface area (Å²) in [6.45, 7) is 3.95. The minimum Gasteiger partial charge on any atom is -0.340 e. The van der Waals surface area contributed by atoms with Gasteiger partial charge in [-0.05, 0) is 32.0 Å². The largest absolute Gasteiger partial charge is 0.340 e. The number of nitrogens with one attached hydrogen (secondary N) is 1. The van der Waals surface area contributed by atoms with Crippen LogP contribution >= 0.6 is 11.6 Å². The summed E-state index contributed by atoms with van der Waals surface area (Å²) >= 11 is 5.91. The number of nitrogens with zero attached hydrogens (tertiary/aromatic N) is 2. The van der Waals surface area contributed by atoms with Gasteiger partial charge in [-0.1, -0.05) is 17.7 Å². The van der Waals surface area contributed by atoms with Gasteiger partial charge in [-0.2, -0.15) is 0 Å². The van der Waals surface area contributed by atoms with Gasteiger partial charge in [0.1, 0.15) is 12.1 Å². The monoisotopic (exact) mass is 233 g/mol. The predicted octanol–water partition coefficient (Wildman–Crippen LogP) is 3.49. The Bertz CT molecular complexity index is 511. The van der Waals surface area contributed by atoms with Crippen LogP contribution in [0.25, 0.3) is 0 Å². The SMILES string of the molecule is Cc1ncnc(Nc2cccc(Cl)c2)c1C. The van der Waals surface area contributed by atoms with Gasteiger partial charge in [0.15, 0.2) is 0 Å². The molecule has 0 radical (unpaired) electrons. The number of anilines is 2. The van der Waals surface area contributed by atoms with Gasteiger partial charge in [-0.25, -0.2) is 9.97 Å². The molecule has 2 aromatic rings. The Morgan fingerprint density at radius 3 is 2.75 bits per heavy atom. The first kappa shape index (κ1) is 10.9. The zero-order chi connectivity index (χ0) is 11.5. The van der Waals surface area contributed by atoms with E-state index in [1.807, 2.05) is 38.1 Å². The summed E-state index contributed by atoms with van der Waals surface area (Å²) in [7, 11) is 0. The average molecular weight is 234 g/mol. The van der Waals surface area contributed by atoms with E-state index in [2.05, 4.69) is 15.3 Å². The molecule has 82 valence electrons. The van der Waals surface area contributed by atoms with Crippen molar-refractivity contribution in [1.29, 1.82) is 0 Å². The zero-order valence-electron chi connectivity index (χ0n) is 9.16. The number of hydrogen-bond donors (Lipinski definition) is 1. The molecule has 0 spiro atoms. The topological polar surface area (TPSA) is 37.8 Å². The molecule has 0 aliphatic heterocycles. The summed E-state index contributed by atoms with van der Waals surface area (Å²) in [6, 6.07) is 7.54. The maximum Gasteiger partial charge on any atom is 0.136 e. The fourth-order valence-electron chi connectivity index (χ4n) is 1.37. The molecule has 0 aliphatic carbocycles. The molecule has 0 amide bonds. The molecule has 0 atom stereocenters. The number of benzene rings is 1. The Kier molecular flexibility index (Phi) is 3.06. The smallest absolute Gasteiger partial charge is 0.136 e. The highest BCUT2D eigenvalue weighted by atomic mass is 35.5. The molecular weight excluding hydrogens is 222 g/mol. The summed E-state index contributed by atoms with van der Waals surface area (Å²) in [5.74, 6) is 0.815. The quantitative estimate of drug-likeness (QED) is 0.863. The summed E-state index contributed by atoms with van der Waals surface area (Å²) < 4.78 is 0. The minimum atomic E-state index is 0.702. The molecule has 0 fully saturated rings. The lowest BCUT2D eigenvalue weighted by atomic mass is 10.2. The van der Waals surface area contributed by atoms with Crippen molar-refractivity contribution in [3.63, 3.8) is 0 Å². The van der Waals surface area contributed by atoms with Crippen LogP contribution < -0.4 is 5.32 Å². The summed E-state index contributed by atoms with van der Waals surface area (Å²) in [5.41, 5.74) is 2.94. The van der Waals surface area contributed by atoms with E-state index < -0.39 is 0 Å². The van der Waals surface area contributed by atoms with Crippen molar-refractivity contribution in [2.75, 3.05) is 5.32 Å². The molecule has 1 heterocycles. The van der Waals surface area contributed by atoms with Crippen LogP contribution in [0, 0.1) is 13.8 Å². The Morgan fingerprint density at radius 1 is 1.19 bits per heavy atom. The number of rotatable bonds is 2. The van der Waals surface area contributed by atoms with E-state index in [9.17, 15) is 0 Å². The van der Waals surface area contributed by atoms with E-state index in [0.717, 1.165) is 22.8 Å². The van der Waals surface area contributed by atoms with Crippen LogP contribution in [0.3, 0.4) is 0 Å². The molecule has 0 aliphatic rings. The molecule has 16 heavy (non-hydrogen) atoms. The second kappa shape index (κ2) is 4.49. The fraction of sp³-hybridized carbons (Fsp3) is 0.167. The summed E-state index contributed by atoms with van der Waals surface area (Å²) in [5, 5.41) is 3.92. The highest BCUT2D eigenvalue weighted by molar-refractivity contribution is 6.30. The highest BCUT2D eigenvalue weighted by Gasteiger charge is 2.03.